The number of Topliss-reactive ketones (excluding diaryl/α,β-unsaturated/α-hetero) is 1. The molecule has 0 radical (unpaired) electrons. The molecule has 1 atom stereocenters. The van der Waals surface area contributed by atoms with Crippen LogP contribution in [0.5, 0.6) is 5.75 Å². The Hall–Kier alpha value is -2.63. The summed E-state index contributed by atoms with van der Waals surface area (Å²) in [6.07, 6.45) is 3.52. The van der Waals surface area contributed by atoms with Crippen molar-refractivity contribution in [3.63, 3.8) is 0 Å². The summed E-state index contributed by atoms with van der Waals surface area (Å²) in [4.78, 5) is 21.1. The topological polar surface area (TPSA) is 80.8 Å². The smallest absolute Gasteiger partial charge is 0.173 e. The van der Waals surface area contributed by atoms with Crippen molar-refractivity contribution in [2.24, 2.45) is 0 Å². The average molecular weight is 384 g/mol. The fraction of sp³-hybridized carbons (Fsp3) is 0.222. The number of methoxy groups -OCH3 is 1. The number of imidazole rings is 1. The van der Waals surface area contributed by atoms with E-state index in [9.17, 15) is 10.1 Å². The van der Waals surface area contributed by atoms with Crippen molar-refractivity contribution in [1.82, 2.24) is 14.5 Å². The standard InChI is InChI=1S/C18H16N4O2S2/c1-12-10-25-17(21-12)15(9-19)16(23)11-26-18-20-7-8-22(18)13-3-5-14(24-2)6-4-13/h3-8,10,15H,11H2,1-2H3. The second-order valence-electron chi connectivity index (χ2n) is 5.42. The minimum absolute atomic E-state index is 0.157. The van der Waals surface area contributed by atoms with E-state index < -0.39 is 5.92 Å². The van der Waals surface area contributed by atoms with Crippen molar-refractivity contribution in [3.8, 4) is 17.5 Å². The first-order valence-electron chi connectivity index (χ1n) is 7.77. The molecule has 0 saturated heterocycles. The van der Waals surface area contributed by atoms with Gasteiger partial charge in [0.25, 0.3) is 0 Å². The lowest BCUT2D eigenvalue weighted by atomic mass is 10.1. The van der Waals surface area contributed by atoms with Gasteiger partial charge in [0.05, 0.1) is 18.9 Å². The lowest BCUT2D eigenvalue weighted by Gasteiger charge is -2.09. The molecule has 26 heavy (non-hydrogen) atoms. The minimum Gasteiger partial charge on any atom is -0.497 e. The van der Waals surface area contributed by atoms with Gasteiger partial charge in [-0.25, -0.2) is 9.97 Å². The number of thioether (sulfide) groups is 1. The van der Waals surface area contributed by atoms with Crippen LogP contribution in [0, 0.1) is 18.3 Å². The SMILES string of the molecule is COc1ccc(-n2ccnc2SCC(=O)C(C#N)c2nc(C)cs2)cc1. The minimum atomic E-state index is -0.828. The first-order valence-corrected chi connectivity index (χ1v) is 9.64. The van der Waals surface area contributed by atoms with Crippen LogP contribution in [0.2, 0.25) is 0 Å². The Morgan fingerprint density at radius 3 is 2.81 bits per heavy atom. The maximum atomic E-state index is 12.5. The third kappa shape index (κ3) is 3.95. The van der Waals surface area contributed by atoms with Gasteiger partial charge in [0.2, 0.25) is 0 Å². The number of thiazole rings is 1. The van der Waals surface area contributed by atoms with Gasteiger partial charge in [-0.15, -0.1) is 11.3 Å². The lowest BCUT2D eigenvalue weighted by Crippen LogP contribution is -2.13. The fourth-order valence-corrected chi connectivity index (χ4v) is 4.06. The first kappa shape index (κ1) is 18.2. The van der Waals surface area contributed by atoms with Gasteiger partial charge >= 0.3 is 0 Å². The quantitative estimate of drug-likeness (QED) is 0.579. The molecular formula is C18H16N4O2S2. The summed E-state index contributed by atoms with van der Waals surface area (Å²) in [6, 6.07) is 9.64. The summed E-state index contributed by atoms with van der Waals surface area (Å²) in [7, 11) is 1.62. The van der Waals surface area contributed by atoms with Crippen molar-refractivity contribution in [1.29, 1.82) is 5.26 Å². The molecule has 0 fully saturated rings. The molecular weight excluding hydrogens is 368 g/mol. The van der Waals surface area contributed by atoms with E-state index in [4.69, 9.17) is 4.74 Å². The Morgan fingerprint density at radius 2 is 2.19 bits per heavy atom. The maximum Gasteiger partial charge on any atom is 0.173 e. The van der Waals surface area contributed by atoms with Gasteiger partial charge in [0.1, 0.15) is 10.8 Å². The molecule has 132 valence electrons. The van der Waals surface area contributed by atoms with Gasteiger partial charge in [-0.1, -0.05) is 11.8 Å². The van der Waals surface area contributed by atoms with E-state index in [1.807, 2.05) is 47.3 Å². The second-order valence-corrected chi connectivity index (χ2v) is 7.25. The first-order chi connectivity index (χ1) is 12.6. The van der Waals surface area contributed by atoms with E-state index in [1.54, 1.807) is 13.3 Å². The molecule has 0 aliphatic carbocycles. The number of carbonyl (C=O) groups is 1. The van der Waals surface area contributed by atoms with Crippen LogP contribution in [0.1, 0.15) is 16.6 Å². The summed E-state index contributed by atoms with van der Waals surface area (Å²) in [5.41, 5.74) is 1.74. The number of carbonyl (C=O) groups excluding carboxylic acids is 1. The molecule has 2 heterocycles. The van der Waals surface area contributed by atoms with E-state index >= 15 is 0 Å². The van der Waals surface area contributed by atoms with Crippen molar-refractivity contribution < 1.29 is 9.53 Å². The number of aryl methyl sites for hydroxylation is 1. The van der Waals surface area contributed by atoms with Crippen molar-refractivity contribution in [3.05, 3.63) is 52.7 Å². The zero-order chi connectivity index (χ0) is 18.5. The van der Waals surface area contributed by atoms with E-state index in [0.717, 1.165) is 17.1 Å². The second kappa shape index (κ2) is 8.17. The number of hydrogen-bond acceptors (Lipinski definition) is 7. The van der Waals surface area contributed by atoms with E-state index in [0.29, 0.717) is 10.2 Å². The largest absolute Gasteiger partial charge is 0.497 e. The predicted molar refractivity (Wildman–Crippen MR) is 101 cm³/mol. The highest BCUT2D eigenvalue weighted by Crippen LogP contribution is 2.26. The Kier molecular flexibility index (Phi) is 5.71. The summed E-state index contributed by atoms with van der Waals surface area (Å²) in [5, 5.41) is 12.4. The Balaban J connectivity index is 1.71. The molecule has 0 aliphatic heterocycles. The molecule has 8 heteroatoms. The van der Waals surface area contributed by atoms with E-state index in [-0.39, 0.29) is 11.5 Å². The number of ketones is 1. The molecule has 0 amide bonds. The van der Waals surface area contributed by atoms with Gasteiger partial charge in [-0.05, 0) is 31.2 Å². The molecule has 1 unspecified atom stereocenters. The fourth-order valence-electron chi connectivity index (χ4n) is 2.32. The zero-order valence-electron chi connectivity index (χ0n) is 14.2. The highest BCUT2D eigenvalue weighted by molar-refractivity contribution is 7.99. The lowest BCUT2D eigenvalue weighted by molar-refractivity contribution is -0.116. The van der Waals surface area contributed by atoms with E-state index in [1.165, 1.54) is 23.1 Å². The summed E-state index contributed by atoms with van der Waals surface area (Å²) >= 11 is 2.65. The highest BCUT2D eigenvalue weighted by atomic mass is 32.2. The van der Waals surface area contributed by atoms with Gasteiger partial charge in [0, 0.05) is 29.2 Å². The monoisotopic (exact) mass is 384 g/mol. The van der Waals surface area contributed by atoms with Crippen LogP contribution in [0.15, 0.2) is 47.2 Å². The number of ether oxygens (including phenoxy) is 1. The molecule has 3 aromatic rings. The van der Waals surface area contributed by atoms with Gasteiger partial charge in [0.15, 0.2) is 16.9 Å². The third-order valence-electron chi connectivity index (χ3n) is 3.64. The average Bonchev–Trinajstić information content (AvgIpc) is 3.30. The number of aromatic nitrogens is 3. The van der Waals surface area contributed by atoms with Crippen molar-refractivity contribution in [2.45, 2.75) is 18.0 Å². The normalized spacial score (nSPS) is 11.7. The van der Waals surface area contributed by atoms with Crippen molar-refractivity contribution >= 4 is 28.9 Å². The van der Waals surface area contributed by atoms with Crippen LogP contribution in [-0.2, 0) is 4.79 Å². The maximum absolute atomic E-state index is 12.5. The number of nitriles is 1. The number of benzene rings is 1. The molecule has 0 spiro atoms. The molecule has 0 saturated carbocycles. The predicted octanol–water partition coefficient (Wildman–Crippen LogP) is 3.61. The molecule has 2 aromatic heterocycles. The molecule has 6 nitrogen and oxygen atoms in total. The van der Waals surface area contributed by atoms with Gasteiger partial charge in [-0.3, -0.25) is 9.36 Å². The molecule has 0 N–H and O–H groups in total. The van der Waals surface area contributed by atoms with Crippen LogP contribution in [0.25, 0.3) is 5.69 Å². The van der Waals surface area contributed by atoms with Gasteiger partial charge < -0.3 is 4.74 Å². The van der Waals surface area contributed by atoms with Gasteiger partial charge in [-0.2, -0.15) is 5.26 Å². The molecule has 1 aromatic carbocycles. The molecule has 0 bridgehead atoms. The Labute approximate surface area is 159 Å². The highest BCUT2D eigenvalue weighted by Gasteiger charge is 2.23. The molecule has 3 rings (SSSR count). The third-order valence-corrected chi connectivity index (χ3v) is 5.65. The van der Waals surface area contributed by atoms with E-state index in [2.05, 4.69) is 16.0 Å². The number of nitrogens with zero attached hydrogens (tertiary/aromatic N) is 4. The van der Waals surface area contributed by atoms with Crippen LogP contribution >= 0.6 is 23.1 Å². The van der Waals surface area contributed by atoms with Crippen LogP contribution in [0.4, 0.5) is 0 Å². The Bertz CT molecular complexity index is 941. The molecule has 0 aliphatic rings. The summed E-state index contributed by atoms with van der Waals surface area (Å²) < 4.78 is 7.06. The van der Waals surface area contributed by atoms with Crippen LogP contribution < -0.4 is 4.74 Å². The van der Waals surface area contributed by atoms with Crippen LogP contribution in [0.3, 0.4) is 0 Å². The van der Waals surface area contributed by atoms with Crippen LogP contribution in [-0.4, -0.2) is 33.2 Å². The summed E-state index contributed by atoms with van der Waals surface area (Å²) in [5.74, 6) is -0.0695. The zero-order valence-corrected chi connectivity index (χ0v) is 15.9. The number of rotatable bonds is 7. The number of hydrogen-bond donors (Lipinski definition) is 0. The Morgan fingerprint density at radius 1 is 1.42 bits per heavy atom. The summed E-state index contributed by atoms with van der Waals surface area (Å²) in [6.45, 7) is 1.85. The van der Waals surface area contributed by atoms with Crippen molar-refractivity contribution in [2.75, 3.05) is 12.9 Å².